The van der Waals surface area contributed by atoms with Crippen LogP contribution in [-0.4, -0.2) is 17.9 Å². The first-order valence-corrected chi connectivity index (χ1v) is 3.38. The third-order valence-electron chi connectivity index (χ3n) is 0.944. The van der Waals surface area contributed by atoms with Crippen molar-refractivity contribution in [1.82, 2.24) is 10.3 Å². The minimum absolute atomic E-state index is 0.134. The van der Waals surface area contributed by atoms with Crippen molar-refractivity contribution in [3.05, 3.63) is 28.4 Å². The summed E-state index contributed by atoms with van der Waals surface area (Å²) >= 11 is 2.86. The topological polar surface area (TPSA) is 42.0 Å². The van der Waals surface area contributed by atoms with Gasteiger partial charge in [0.25, 0.3) is 5.91 Å². The number of amides is 1. The molecule has 1 amide bonds. The van der Waals surface area contributed by atoms with Crippen molar-refractivity contribution in [3.63, 3.8) is 0 Å². The van der Waals surface area contributed by atoms with Crippen LogP contribution in [-0.2, 0) is 0 Å². The van der Waals surface area contributed by atoms with Gasteiger partial charge in [0.1, 0.15) is 4.60 Å². The summed E-state index contributed by atoms with van der Waals surface area (Å²) in [6.07, 6.45) is -0.465. The van der Waals surface area contributed by atoms with Crippen molar-refractivity contribution in [2.75, 3.05) is 6.98 Å². The van der Waals surface area contributed by atoms with E-state index >= 15 is 0 Å². The highest BCUT2D eigenvalue weighted by Crippen LogP contribution is 2.11. The highest BCUT2D eigenvalue weighted by Gasteiger charge is 2.06. The number of aromatic nitrogens is 1. The number of carbonyl (C=O) groups is 1. The van der Waals surface area contributed by atoms with E-state index in [-0.39, 0.29) is 10.2 Å². The lowest BCUT2D eigenvalue weighted by Crippen LogP contribution is -2.18. The largest absolute Gasteiger partial charge is 0.355 e. The van der Waals surface area contributed by atoms with Gasteiger partial charge < -0.3 is 5.32 Å². The SMILES string of the molecule is [2H]c1nc(Br)c(C(=O)NC([2H])([2H])[2H])c([2H])c1[2H]. The van der Waals surface area contributed by atoms with Crippen LogP contribution < -0.4 is 5.32 Å². The average Bonchev–Trinajstić information content (AvgIpc) is 2.11. The molecule has 1 heterocycles. The minimum atomic E-state index is -2.69. The van der Waals surface area contributed by atoms with Crippen LogP contribution in [0.4, 0.5) is 0 Å². The predicted octanol–water partition coefficient (Wildman–Crippen LogP) is 1.20. The molecule has 3 nitrogen and oxygen atoms in total. The Morgan fingerprint density at radius 3 is 3.55 bits per heavy atom. The van der Waals surface area contributed by atoms with Crippen LogP contribution in [0, 0.1) is 0 Å². The van der Waals surface area contributed by atoms with Gasteiger partial charge in [0, 0.05) is 17.3 Å². The first-order valence-electron chi connectivity index (χ1n) is 5.59. The molecule has 0 radical (unpaired) electrons. The molecule has 0 atom stereocenters. The summed E-state index contributed by atoms with van der Waals surface area (Å²) in [5, 5.41) is 1.69. The molecular formula is C7H7BrN2O. The van der Waals surface area contributed by atoms with E-state index in [0.717, 1.165) is 0 Å². The predicted molar refractivity (Wildman–Crippen MR) is 45.3 cm³/mol. The van der Waals surface area contributed by atoms with Gasteiger partial charge >= 0.3 is 0 Å². The first-order chi connectivity index (χ1) is 7.63. The van der Waals surface area contributed by atoms with Crippen molar-refractivity contribution in [2.24, 2.45) is 0 Å². The fraction of sp³-hybridized carbons (Fsp3) is 0.143. The van der Waals surface area contributed by atoms with Gasteiger partial charge in [-0.05, 0) is 28.0 Å². The normalized spacial score (nSPS) is 18.3. The standard InChI is InChI=1S/C7H7BrN2O/c1-9-7(11)5-3-2-4-10-6(5)8/h2-4H,1H3,(H,9,11)/i1D3,2D,3D,4D. The summed E-state index contributed by atoms with van der Waals surface area (Å²) in [5.41, 5.74) is -0.373. The van der Waals surface area contributed by atoms with Crippen LogP contribution in [0.5, 0.6) is 0 Å². The van der Waals surface area contributed by atoms with Crippen molar-refractivity contribution in [1.29, 1.82) is 0 Å². The van der Waals surface area contributed by atoms with E-state index in [1.807, 2.05) is 0 Å². The highest BCUT2D eigenvalue weighted by atomic mass is 79.9. The summed E-state index contributed by atoms with van der Waals surface area (Å²) in [6.45, 7) is -2.69. The molecule has 0 spiro atoms. The molecule has 0 aliphatic carbocycles. The van der Waals surface area contributed by atoms with E-state index in [4.69, 9.17) is 8.22 Å². The Balaban J connectivity index is 3.24. The molecule has 1 aromatic heterocycles. The molecule has 0 saturated heterocycles. The van der Waals surface area contributed by atoms with Crippen LogP contribution in [0.1, 0.15) is 18.6 Å². The second-order valence-corrected chi connectivity index (χ2v) is 2.34. The molecule has 0 bridgehead atoms. The second-order valence-electron chi connectivity index (χ2n) is 1.59. The number of nitrogens with one attached hydrogen (secondary N) is 1. The fourth-order valence-electron chi connectivity index (χ4n) is 0.488. The Labute approximate surface area is 81.4 Å². The monoisotopic (exact) mass is 220 g/mol. The molecule has 0 saturated carbocycles. The molecule has 11 heavy (non-hydrogen) atoms. The molecule has 0 aliphatic heterocycles. The summed E-state index contributed by atoms with van der Waals surface area (Å²) in [6, 6.07) is -1.08. The lowest BCUT2D eigenvalue weighted by molar-refractivity contribution is 0.0962. The van der Waals surface area contributed by atoms with Crippen molar-refractivity contribution >= 4 is 21.8 Å². The fourth-order valence-corrected chi connectivity index (χ4v) is 0.856. The number of hydrogen-bond acceptors (Lipinski definition) is 2. The maximum absolute atomic E-state index is 11.6. The number of pyridine rings is 1. The Hall–Kier alpha value is -0.900. The number of halogens is 1. The molecule has 4 heteroatoms. The number of rotatable bonds is 1. The molecule has 0 fully saturated rings. The molecule has 1 N–H and O–H groups in total. The van der Waals surface area contributed by atoms with Crippen molar-refractivity contribution < 1.29 is 13.0 Å². The van der Waals surface area contributed by atoms with Gasteiger partial charge in [-0.2, -0.15) is 0 Å². The van der Waals surface area contributed by atoms with E-state index in [1.54, 1.807) is 5.32 Å². The van der Waals surface area contributed by atoms with E-state index in [0.29, 0.717) is 0 Å². The number of carbonyl (C=O) groups excluding carboxylic acids is 1. The third kappa shape index (κ3) is 1.77. The molecule has 0 aromatic carbocycles. The maximum Gasteiger partial charge on any atom is 0.253 e. The smallest absolute Gasteiger partial charge is 0.253 e. The van der Waals surface area contributed by atoms with E-state index < -0.39 is 31.1 Å². The van der Waals surface area contributed by atoms with Gasteiger partial charge in [0.15, 0.2) is 0 Å². The maximum atomic E-state index is 11.6. The van der Waals surface area contributed by atoms with E-state index in [1.165, 1.54) is 0 Å². The van der Waals surface area contributed by atoms with Crippen molar-refractivity contribution in [2.45, 2.75) is 0 Å². The van der Waals surface area contributed by atoms with E-state index in [9.17, 15) is 4.79 Å². The zero-order valence-corrected chi connectivity index (χ0v) is 6.82. The van der Waals surface area contributed by atoms with Crippen LogP contribution in [0.15, 0.2) is 22.9 Å². The Morgan fingerprint density at radius 1 is 2.00 bits per heavy atom. The van der Waals surface area contributed by atoms with Crippen LogP contribution in [0.2, 0.25) is 0 Å². The molecule has 58 valence electrons. The Bertz CT molecular complexity index is 474. The Kier molecular flexibility index (Phi) is 1.02. The van der Waals surface area contributed by atoms with Crippen LogP contribution in [0.25, 0.3) is 0 Å². The van der Waals surface area contributed by atoms with Crippen molar-refractivity contribution in [3.8, 4) is 0 Å². The molecule has 1 rings (SSSR count). The highest BCUT2D eigenvalue weighted by molar-refractivity contribution is 9.10. The van der Waals surface area contributed by atoms with Gasteiger partial charge in [0.05, 0.1) is 9.68 Å². The van der Waals surface area contributed by atoms with Gasteiger partial charge in [-0.3, -0.25) is 4.79 Å². The van der Waals surface area contributed by atoms with E-state index in [2.05, 4.69) is 20.9 Å². The number of nitrogens with zero attached hydrogens (tertiary/aromatic N) is 1. The average molecular weight is 221 g/mol. The summed E-state index contributed by atoms with van der Waals surface area (Å²) in [7, 11) is 0. The number of hydrogen-bond donors (Lipinski definition) is 1. The summed E-state index contributed by atoms with van der Waals surface area (Å²) < 4.78 is 42.5. The molecule has 0 unspecified atom stereocenters. The van der Waals surface area contributed by atoms with Crippen LogP contribution >= 0.6 is 15.9 Å². The summed E-state index contributed by atoms with van der Waals surface area (Å²) in [4.78, 5) is 15.1. The van der Waals surface area contributed by atoms with Gasteiger partial charge in [-0.15, -0.1) is 0 Å². The van der Waals surface area contributed by atoms with Crippen LogP contribution in [0.3, 0.4) is 0 Å². The van der Waals surface area contributed by atoms with Gasteiger partial charge in [-0.25, -0.2) is 4.98 Å². The molecule has 0 aliphatic rings. The molecular weight excluding hydrogens is 208 g/mol. The van der Waals surface area contributed by atoms with Gasteiger partial charge in [-0.1, -0.05) is 0 Å². The zero-order valence-electron chi connectivity index (χ0n) is 11.2. The summed E-state index contributed by atoms with van der Waals surface area (Å²) in [5.74, 6) is -1.04. The lowest BCUT2D eigenvalue weighted by Gasteiger charge is -1.99. The first kappa shape index (κ1) is 3.23. The second kappa shape index (κ2) is 3.48. The lowest BCUT2D eigenvalue weighted by atomic mass is 10.3. The third-order valence-corrected chi connectivity index (χ3v) is 1.52. The minimum Gasteiger partial charge on any atom is -0.355 e. The Morgan fingerprint density at radius 2 is 2.82 bits per heavy atom. The zero-order chi connectivity index (χ0) is 13.4. The molecule has 1 aromatic rings. The quantitative estimate of drug-likeness (QED) is 0.724. The van der Waals surface area contributed by atoms with Gasteiger partial charge in [0.2, 0.25) is 0 Å².